The van der Waals surface area contributed by atoms with Crippen molar-refractivity contribution in [1.29, 1.82) is 0 Å². The molecule has 2 nitrogen and oxygen atoms in total. The zero-order chi connectivity index (χ0) is 11.5. The van der Waals surface area contributed by atoms with Gasteiger partial charge in [-0.1, -0.05) is 0 Å². The average molecular weight is 221 g/mol. The summed E-state index contributed by atoms with van der Waals surface area (Å²) in [5.41, 5.74) is 0.508. The van der Waals surface area contributed by atoms with E-state index in [1.54, 1.807) is 25.3 Å². The zero-order valence-electron chi connectivity index (χ0n) is 8.58. The Morgan fingerprint density at radius 1 is 1.19 bits per heavy atom. The SMILES string of the molecule is Cc1cc(F)c(Oc2cccnc2)c(F)c1. The lowest BCUT2D eigenvalue weighted by Gasteiger charge is -2.07. The van der Waals surface area contributed by atoms with Crippen LogP contribution in [0.3, 0.4) is 0 Å². The van der Waals surface area contributed by atoms with E-state index in [4.69, 9.17) is 4.74 Å². The highest BCUT2D eigenvalue weighted by atomic mass is 19.1. The van der Waals surface area contributed by atoms with Crippen LogP contribution in [0.4, 0.5) is 8.78 Å². The molecule has 0 amide bonds. The molecule has 82 valence electrons. The van der Waals surface area contributed by atoms with Gasteiger partial charge >= 0.3 is 0 Å². The van der Waals surface area contributed by atoms with Gasteiger partial charge < -0.3 is 4.74 Å². The van der Waals surface area contributed by atoms with Gasteiger partial charge in [-0.05, 0) is 36.8 Å². The van der Waals surface area contributed by atoms with Crippen molar-refractivity contribution in [3.05, 3.63) is 53.9 Å². The average Bonchev–Trinajstić information content (AvgIpc) is 2.25. The summed E-state index contributed by atoms with van der Waals surface area (Å²) in [6.07, 6.45) is 2.94. The number of pyridine rings is 1. The predicted octanol–water partition coefficient (Wildman–Crippen LogP) is 3.46. The summed E-state index contributed by atoms with van der Waals surface area (Å²) < 4.78 is 31.9. The molecule has 0 fully saturated rings. The van der Waals surface area contributed by atoms with Crippen molar-refractivity contribution in [2.75, 3.05) is 0 Å². The highest BCUT2D eigenvalue weighted by Crippen LogP contribution is 2.27. The molecule has 0 unspecified atom stereocenters. The predicted molar refractivity (Wildman–Crippen MR) is 55.4 cm³/mol. The number of aryl methyl sites for hydroxylation is 1. The van der Waals surface area contributed by atoms with Gasteiger partial charge in [-0.3, -0.25) is 4.98 Å². The first-order chi connectivity index (χ1) is 7.66. The number of benzene rings is 1. The van der Waals surface area contributed by atoms with Crippen molar-refractivity contribution >= 4 is 0 Å². The summed E-state index contributed by atoms with van der Waals surface area (Å²) in [5, 5.41) is 0. The number of hydrogen-bond acceptors (Lipinski definition) is 2. The van der Waals surface area contributed by atoms with E-state index in [-0.39, 0.29) is 0 Å². The second kappa shape index (κ2) is 4.26. The first-order valence-corrected chi connectivity index (χ1v) is 4.70. The molecule has 0 bridgehead atoms. The number of nitrogens with zero attached hydrogens (tertiary/aromatic N) is 1. The molecule has 0 atom stereocenters. The van der Waals surface area contributed by atoms with Gasteiger partial charge in [0, 0.05) is 6.20 Å². The van der Waals surface area contributed by atoms with E-state index < -0.39 is 17.4 Å². The van der Waals surface area contributed by atoms with Gasteiger partial charge in [0.2, 0.25) is 0 Å². The van der Waals surface area contributed by atoms with Crippen LogP contribution in [-0.4, -0.2) is 4.98 Å². The van der Waals surface area contributed by atoms with E-state index in [0.29, 0.717) is 11.3 Å². The van der Waals surface area contributed by atoms with E-state index in [9.17, 15) is 8.78 Å². The number of aromatic nitrogens is 1. The minimum atomic E-state index is -0.721. The lowest BCUT2D eigenvalue weighted by molar-refractivity contribution is 0.405. The van der Waals surface area contributed by atoms with Crippen LogP contribution in [0, 0.1) is 18.6 Å². The van der Waals surface area contributed by atoms with Gasteiger partial charge in [-0.15, -0.1) is 0 Å². The molecule has 1 aromatic heterocycles. The normalized spacial score (nSPS) is 10.2. The summed E-state index contributed by atoms with van der Waals surface area (Å²) >= 11 is 0. The maximum absolute atomic E-state index is 13.4. The fourth-order valence-electron chi connectivity index (χ4n) is 1.31. The van der Waals surface area contributed by atoms with Crippen molar-refractivity contribution in [2.45, 2.75) is 6.92 Å². The van der Waals surface area contributed by atoms with Crippen LogP contribution in [0.15, 0.2) is 36.7 Å². The molecule has 0 aliphatic carbocycles. The molecule has 0 N–H and O–H groups in total. The quantitative estimate of drug-likeness (QED) is 0.774. The molecule has 0 spiro atoms. The Balaban J connectivity index is 2.35. The molecule has 0 radical (unpaired) electrons. The Bertz CT molecular complexity index is 477. The highest BCUT2D eigenvalue weighted by molar-refractivity contribution is 5.34. The minimum Gasteiger partial charge on any atom is -0.450 e. The summed E-state index contributed by atoms with van der Waals surface area (Å²) in [5.74, 6) is -1.55. The third-order valence-corrected chi connectivity index (χ3v) is 2.00. The second-order valence-electron chi connectivity index (χ2n) is 3.35. The van der Waals surface area contributed by atoms with E-state index in [0.717, 1.165) is 0 Å². The van der Waals surface area contributed by atoms with Crippen LogP contribution >= 0.6 is 0 Å². The van der Waals surface area contributed by atoms with Gasteiger partial charge in [0.15, 0.2) is 17.4 Å². The lowest BCUT2D eigenvalue weighted by Crippen LogP contribution is -1.94. The van der Waals surface area contributed by atoms with Crippen LogP contribution in [0.2, 0.25) is 0 Å². The molecule has 2 aromatic rings. The number of hydrogen-bond donors (Lipinski definition) is 0. The molecule has 16 heavy (non-hydrogen) atoms. The van der Waals surface area contributed by atoms with Crippen molar-refractivity contribution in [3.63, 3.8) is 0 Å². The van der Waals surface area contributed by atoms with Crippen LogP contribution in [0.1, 0.15) is 5.56 Å². The van der Waals surface area contributed by atoms with Crippen molar-refractivity contribution in [3.8, 4) is 11.5 Å². The van der Waals surface area contributed by atoms with Crippen LogP contribution in [-0.2, 0) is 0 Å². The largest absolute Gasteiger partial charge is 0.450 e. The van der Waals surface area contributed by atoms with Gasteiger partial charge in [0.25, 0.3) is 0 Å². The fourth-order valence-corrected chi connectivity index (χ4v) is 1.31. The van der Waals surface area contributed by atoms with Gasteiger partial charge in [-0.25, -0.2) is 8.78 Å². The fraction of sp³-hybridized carbons (Fsp3) is 0.0833. The van der Waals surface area contributed by atoms with E-state index in [2.05, 4.69) is 4.98 Å². The molecule has 2 rings (SSSR count). The molecule has 1 aromatic carbocycles. The summed E-state index contributed by atoms with van der Waals surface area (Å²) in [4.78, 5) is 3.79. The Morgan fingerprint density at radius 3 is 2.44 bits per heavy atom. The highest BCUT2D eigenvalue weighted by Gasteiger charge is 2.12. The number of rotatable bonds is 2. The van der Waals surface area contributed by atoms with Crippen molar-refractivity contribution in [2.24, 2.45) is 0 Å². The lowest BCUT2D eigenvalue weighted by atomic mass is 10.2. The standard InChI is InChI=1S/C12H9F2NO/c1-8-5-10(13)12(11(14)6-8)16-9-3-2-4-15-7-9/h2-7H,1H3. The van der Waals surface area contributed by atoms with Gasteiger partial charge in [0.05, 0.1) is 6.20 Å². The summed E-state index contributed by atoms with van der Waals surface area (Å²) in [6, 6.07) is 5.63. The van der Waals surface area contributed by atoms with E-state index >= 15 is 0 Å². The molecule has 0 saturated heterocycles. The Morgan fingerprint density at radius 2 is 1.88 bits per heavy atom. The first kappa shape index (κ1) is 10.5. The second-order valence-corrected chi connectivity index (χ2v) is 3.35. The Hall–Kier alpha value is -1.97. The smallest absolute Gasteiger partial charge is 0.198 e. The van der Waals surface area contributed by atoms with Crippen LogP contribution < -0.4 is 4.74 Å². The molecule has 0 saturated carbocycles. The maximum atomic E-state index is 13.4. The first-order valence-electron chi connectivity index (χ1n) is 4.70. The minimum absolute atomic E-state index is 0.296. The van der Waals surface area contributed by atoms with Gasteiger partial charge in [0.1, 0.15) is 5.75 Å². The van der Waals surface area contributed by atoms with Crippen molar-refractivity contribution < 1.29 is 13.5 Å². The summed E-state index contributed by atoms with van der Waals surface area (Å²) in [6.45, 7) is 1.61. The monoisotopic (exact) mass is 221 g/mol. The zero-order valence-corrected chi connectivity index (χ0v) is 8.58. The summed E-state index contributed by atoms with van der Waals surface area (Å²) in [7, 11) is 0. The topological polar surface area (TPSA) is 22.1 Å². The molecular weight excluding hydrogens is 212 g/mol. The third kappa shape index (κ3) is 2.16. The number of halogens is 2. The Kier molecular flexibility index (Phi) is 2.81. The Labute approximate surface area is 91.5 Å². The molecule has 4 heteroatoms. The van der Waals surface area contributed by atoms with Crippen LogP contribution in [0.5, 0.6) is 11.5 Å². The maximum Gasteiger partial charge on any atom is 0.198 e. The molecular formula is C12H9F2NO. The van der Waals surface area contributed by atoms with E-state index in [1.165, 1.54) is 18.3 Å². The molecule has 1 heterocycles. The molecule has 0 aliphatic rings. The third-order valence-electron chi connectivity index (χ3n) is 2.00. The number of ether oxygens (including phenoxy) is 1. The van der Waals surface area contributed by atoms with E-state index in [1.807, 2.05) is 0 Å². The van der Waals surface area contributed by atoms with Crippen LogP contribution in [0.25, 0.3) is 0 Å². The molecule has 0 aliphatic heterocycles. The van der Waals surface area contributed by atoms with Gasteiger partial charge in [-0.2, -0.15) is 0 Å². The van der Waals surface area contributed by atoms with Crippen molar-refractivity contribution in [1.82, 2.24) is 4.98 Å².